The summed E-state index contributed by atoms with van der Waals surface area (Å²) in [6.07, 6.45) is 2.40. The topological polar surface area (TPSA) is 0 Å². The fraction of sp³-hybridized carbons (Fsp3) is 0.368. The number of thioether (sulfide) groups is 1. The Morgan fingerprint density at radius 3 is 2.52 bits per heavy atom. The van der Waals surface area contributed by atoms with Crippen LogP contribution in [0.5, 0.6) is 0 Å². The van der Waals surface area contributed by atoms with Gasteiger partial charge in [0.1, 0.15) is 0 Å². The molecule has 0 bridgehead atoms. The summed E-state index contributed by atoms with van der Waals surface area (Å²) >= 11 is 5.83. The predicted octanol–water partition coefficient (Wildman–Crippen LogP) is 6.01. The second kappa shape index (κ2) is 6.58. The first-order chi connectivity index (χ1) is 10.3. The molecule has 2 aromatic rings. The molecule has 110 valence electrons. The normalized spacial score (nSPS) is 20.0. The van der Waals surface area contributed by atoms with Gasteiger partial charge in [-0.3, -0.25) is 0 Å². The molecule has 0 N–H and O–H groups in total. The van der Waals surface area contributed by atoms with Gasteiger partial charge in [0.15, 0.2) is 0 Å². The van der Waals surface area contributed by atoms with Crippen molar-refractivity contribution in [1.82, 2.24) is 0 Å². The van der Waals surface area contributed by atoms with Crippen molar-refractivity contribution < 1.29 is 0 Å². The number of hydrogen-bond donors (Lipinski definition) is 0. The van der Waals surface area contributed by atoms with Gasteiger partial charge in [-0.15, -0.1) is 11.8 Å². The maximum Gasteiger partial charge on any atom is 0.0129 e. The molecular weight excluding hydrogens is 340 g/mol. The smallest absolute Gasteiger partial charge is 0.0129 e. The third-order valence-corrected chi connectivity index (χ3v) is 7.08. The molecule has 1 heterocycles. The van der Waals surface area contributed by atoms with E-state index in [1.54, 1.807) is 5.56 Å². The van der Waals surface area contributed by atoms with Crippen LogP contribution in [0.25, 0.3) is 0 Å². The molecule has 0 saturated heterocycles. The summed E-state index contributed by atoms with van der Waals surface area (Å²) in [6.45, 7) is 2.32. The van der Waals surface area contributed by atoms with Gasteiger partial charge in [-0.05, 0) is 36.0 Å². The van der Waals surface area contributed by atoms with E-state index in [1.165, 1.54) is 29.1 Å². The lowest BCUT2D eigenvalue weighted by Crippen LogP contribution is -2.30. The molecule has 0 nitrogen and oxygen atoms in total. The predicted molar refractivity (Wildman–Crippen MR) is 96.7 cm³/mol. The summed E-state index contributed by atoms with van der Waals surface area (Å²) in [5.74, 6) is 1.89. The first-order valence-corrected chi connectivity index (χ1v) is 9.73. The van der Waals surface area contributed by atoms with Crippen LogP contribution in [0.15, 0.2) is 59.5 Å². The molecule has 1 aliphatic rings. The molecular formula is C19H21BrS. The lowest BCUT2D eigenvalue weighted by atomic mass is 9.72. The maximum absolute atomic E-state index is 3.81. The molecule has 1 aliphatic heterocycles. The Kier molecular flexibility index (Phi) is 4.75. The lowest BCUT2D eigenvalue weighted by molar-refractivity contribution is 0.400. The molecule has 0 spiro atoms. The van der Waals surface area contributed by atoms with Gasteiger partial charge in [-0.2, -0.15) is 0 Å². The highest BCUT2D eigenvalue weighted by Gasteiger charge is 2.35. The van der Waals surface area contributed by atoms with Crippen LogP contribution in [-0.2, 0) is 5.41 Å². The molecule has 2 heteroatoms. The minimum absolute atomic E-state index is 0.240. The summed E-state index contributed by atoms with van der Waals surface area (Å²) in [4.78, 5) is 1.48. The average molecular weight is 361 g/mol. The van der Waals surface area contributed by atoms with Gasteiger partial charge >= 0.3 is 0 Å². The molecule has 0 aromatic heterocycles. The van der Waals surface area contributed by atoms with Crippen LogP contribution in [0.1, 0.15) is 36.8 Å². The summed E-state index contributed by atoms with van der Waals surface area (Å²) in [5.41, 5.74) is 3.26. The number of halogens is 1. The minimum Gasteiger partial charge on any atom is -0.125 e. The fourth-order valence-corrected chi connectivity index (χ4v) is 5.56. The third-order valence-electron chi connectivity index (χ3n) is 4.75. The molecule has 3 rings (SSSR count). The van der Waals surface area contributed by atoms with Crippen LogP contribution in [0.2, 0.25) is 0 Å². The Morgan fingerprint density at radius 2 is 1.81 bits per heavy atom. The number of hydrogen-bond acceptors (Lipinski definition) is 1. The van der Waals surface area contributed by atoms with Crippen LogP contribution in [0.4, 0.5) is 0 Å². The highest BCUT2D eigenvalue weighted by Crippen LogP contribution is 2.47. The molecule has 0 saturated carbocycles. The first-order valence-electron chi connectivity index (χ1n) is 7.62. The standard InChI is InChI=1S/C19H21BrS/c1-2-19(14-20,16-8-4-3-5-9-16)12-15-13-21-18-11-7-6-10-17(15)18/h3-11,15H,2,12-14H2,1H3. The summed E-state index contributed by atoms with van der Waals surface area (Å²) < 4.78 is 0. The quantitative estimate of drug-likeness (QED) is 0.588. The number of alkyl halides is 1. The van der Waals surface area contributed by atoms with Gasteiger partial charge in [-0.25, -0.2) is 0 Å². The van der Waals surface area contributed by atoms with Crippen LogP contribution < -0.4 is 0 Å². The van der Waals surface area contributed by atoms with Gasteiger partial charge < -0.3 is 0 Å². The molecule has 2 atom stereocenters. The van der Waals surface area contributed by atoms with Crippen molar-refractivity contribution in [3.05, 3.63) is 65.7 Å². The van der Waals surface area contributed by atoms with Crippen LogP contribution in [0.3, 0.4) is 0 Å². The van der Waals surface area contributed by atoms with E-state index in [4.69, 9.17) is 0 Å². The SMILES string of the molecule is CCC(CBr)(CC1CSc2ccccc21)c1ccccc1. The van der Waals surface area contributed by atoms with Gasteiger partial charge in [-0.1, -0.05) is 71.4 Å². The Labute approximate surface area is 140 Å². The van der Waals surface area contributed by atoms with Crippen LogP contribution in [-0.4, -0.2) is 11.1 Å². The Bertz CT molecular complexity index is 590. The van der Waals surface area contributed by atoms with E-state index in [1.807, 2.05) is 11.8 Å². The Balaban J connectivity index is 1.91. The number of benzene rings is 2. The first kappa shape index (κ1) is 15.2. The second-order valence-corrected chi connectivity index (χ2v) is 7.51. The van der Waals surface area contributed by atoms with E-state index in [0.717, 1.165) is 5.33 Å². The van der Waals surface area contributed by atoms with Crippen LogP contribution >= 0.6 is 27.7 Å². The van der Waals surface area contributed by atoms with Crippen molar-refractivity contribution in [1.29, 1.82) is 0 Å². The molecule has 0 radical (unpaired) electrons. The summed E-state index contributed by atoms with van der Waals surface area (Å²) in [6, 6.07) is 19.9. The maximum atomic E-state index is 3.81. The third kappa shape index (κ3) is 2.93. The Morgan fingerprint density at radius 1 is 1.10 bits per heavy atom. The van der Waals surface area contributed by atoms with Gasteiger partial charge in [0, 0.05) is 21.4 Å². The lowest BCUT2D eigenvalue weighted by Gasteiger charge is -2.34. The highest BCUT2D eigenvalue weighted by molar-refractivity contribution is 9.09. The molecule has 0 aliphatic carbocycles. The summed E-state index contributed by atoms with van der Waals surface area (Å²) in [7, 11) is 0. The molecule has 21 heavy (non-hydrogen) atoms. The molecule has 0 amide bonds. The van der Waals surface area contributed by atoms with E-state index >= 15 is 0 Å². The van der Waals surface area contributed by atoms with Crippen molar-refractivity contribution in [2.24, 2.45) is 0 Å². The van der Waals surface area contributed by atoms with Gasteiger partial charge in [0.2, 0.25) is 0 Å². The Hall–Kier alpha value is -0.730. The van der Waals surface area contributed by atoms with E-state index in [9.17, 15) is 0 Å². The monoisotopic (exact) mass is 360 g/mol. The zero-order valence-corrected chi connectivity index (χ0v) is 14.8. The average Bonchev–Trinajstić information content (AvgIpc) is 2.96. The summed E-state index contributed by atoms with van der Waals surface area (Å²) in [5, 5.41) is 1.03. The van der Waals surface area contributed by atoms with Crippen LogP contribution in [0, 0.1) is 0 Å². The zero-order chi connectivity index (χ0) is 14.7. The molecule has 2 unspecified atom stereocenters. The number of rotatable bonds is 5. The van der Waals surface area contributed by atoms with Gasteiger partial charge in [0.05, 0.1) is 0 Å². The zero-order valence-electron chi connectivity index (χ0n) is 12.4. The fourth-order valence-electron chi connectivity index (χ4n) is 3.35. The second-order valence-electron chi connectivity index (χ2n) is 5.88. The van der Waals surface area contributed by atoms with Crippen molar-refractivity contribution in [3.8, 4) is 0 Å². The van der Waals surface area contributed by atoms with E-state index in [0.29, 0.717) is 5.92 Å². The van der Waals surface area contributed by atoms with E-state index in [-0.39, 0.29) is 5.41 Å². The number of fused-ring (bicyclic) bond motifs is 1. The molecule has 2 aromatic carbocycles. The van der Waals surface area contributed by atoms with Crippen molar-refractivity contribution >= 4 is 27.7 Å². The molecule has 0 fully saturated rings. The van der Waals surface area contributed by atoms with Gasteiger partial charge in [0.25, 0.3) is 0 Å². The van der Waals surface area contributed by atoms with Crippen molar-refractivity contribution in [2.45, 2.75) is 36.0 Å². The van der Waals surface area contributed by atoms with E-state index < -0.39 is 0 Å². The van der Waals surface area contributed by atoms with Crippen molar-refractivity contribution in [3.63, 3.8) is 0 Å². The van der Waals surface area contributed by atoms with Crippen molar-refractivity contribution in [2.75, 3.05) is 11.1 Å². The highest BCUT2D eigenvalue weighted by atomic mass is 79.9. The largest absolute Gasteiger partial charge is 0.125 e. The van der Waals surface area contributed by atoms with E-state index in [2.05, 4.69) is 77.5 Å². The minimum atomic E-state index is 0.240.